The third-order valence-electron chi connectivity index (χ3n) is 4.32. The SMILES string of the molecule is CC(NC(=O)Cc1cnccn1)(C(N)=O)c1ccc(Oc2ccc(F)cc2)cc1. The molecule has 2 amide bonds. The normalized spacial score (nSPS) is 12.6. The minimum absolute atomic E-state index is 0.0392. The Morgan fingerprint density at radius 1 is 1.07 bits per heavy atom. The highest BCUT2D eigenvalue weighted by atomic mass is 19.1. The van der Waals surface area contributed by atoms with Crippen molar-refractivity contribution in [2.75, 3.05) is 0 Å². The maximum atomic E-state index is 13.0. The number of nitrogens with one attached hydrogen (secondary N) is 1. The average Bonchev–Trinajstić information content (AvgIpc) is 2.70. The molecule has 1 unspecified atom stereocenters. The maximum Gasteiger partial charge on any atom is 0.247 e. The van der Waals surface area contributed by atoms with Gasteiger partial charge in [-0.1, -0.05) is 12.1 Å². The number of nitrogens with zero attached hydrogens (tertiary/aromatic N) is 2. The van der Waals surface area contributed by atoms with Crippen LogP contribution in [0.25, 0.3) is 0 Å². The molecule has 8 heteroatoms. The summed E-state index contributed by atoms with van der Waals surface area (Å²) in [6.07, 6.45) is 4.42. The van der Waals surface area contributed by atoms with E-state index in [1.54, 1.807) is 24.3 Å². The second-order valence-corrected chi connectivity index (χ2v) is 6.49. The van der Waals surface area contributed by atoms with Crippen molar-refractivity contribution in [2.45, 2.75) is 18.9 Å². The molecule has 3 aromatic rings. The number of ether oxygens (including phenoxy) is 1. The monoisotopic (exact) mass is 394 g/mol. The molecule has 0 bridgehead atoms. The van der Waals surface area contributed by atoms with Crippen LogP contribution in [0.15, 0.2) is 67.1 Å². The van der Waals surface area contributed by atoms with Gasteiger partial charge in [0.2, 0.25) is 11.8 Å². The molecule has 0 spiro atoms. The lowest BCUT2D eigenvalue weighted by atomic mass is 9.91. The van der Waals surface area contributed by atoms with E-state index < -0.39 is 17.4 Å². The minimum Gasteiger partial charge on any atom is -0.457 e. The largest absolute Gasteiger partial charge is 0.457 e. The molecule has 0 saturated heterocycles. The number of halogens is 1. The number of benzene rings is 2. The van der Waals surface area contributed by atoms with E-state index in [4.69, 9.17) is 10.5 Å². The smallest absolute Gasteiger partial charge is 0.247 e. The highest BCUT2D eigenvalue weighted by Crippen LogP contribution is 2.26. The maximum absolute atomic E-state index is 13.0. The Morgan fingerprint density at radius 2 is 1.69 bits per heavy atom. The van der Waals surface area contributed by atoms with Gasteiger partial charge in [-0.2, -0.15) is 0 Å². The van der Waals surface area contributed by atoms with Crippen LogP contribution in [0, 0.1) is 5.82 Å². The van der Waals surface area contributed by atoms with E-state index in [9.17, 15) is 14.0 Å². The topological polar surface area (TPSA) is 107 Å². The summed E-state index contributed by atoms with van der Waals surface area (Å²) in [5.41, 5.74) is 5.11. The van der Waals surface area contributed by atoms with E-state index in [0.717, 1.165) is 0 Å². The van der Waals surface area contributed by atoms with E-state index in [1.807, 2.05) is 0 Å². The predicted molar refractivity (Wildman–Crippen MR) is 103 cm³/mol. The first-order valence-electron chi connectivity index (χ1n) is 8.76. The van der Waals surface area contributed by atoms with E-state index >= 15 is 0 Å². The third kappa shape index (κ3) is 4.92. The Bertz CT molecular complexity index is 995. The summed E-state index contributed by atoms with van der Waals surface area (Å²) in [5.74, 6) is -0.537. The zero-order valence-electron chi connectivity index (χ0n) is 15.6. The van der Waals surface area contributed by atoms with Crippen LogP contribution in [0.4, 0.5) is 4.39 Å². The van der Waals surface area contributed by atoms with Crippen molar-refractivity contribution in [3.8, 4) is 11.5 Å². The number of amides is 2. The second-order valence-electron chi connectivity index (χ2n) is 6.49. The van der Waals surface area contributed by atoms with Gasteiger partial charge in [0.25, 0.3) is 0 Å². The van der Waals surface area contributed by atoms with Crippen LogP contribution in [0.2, 0.25) is 0 Å². The van der Waals surface area contributed by atoms with Gasteiger partial charge < -0.3 is 15.8 Å². The molecule has 0 saturated carbocycles. The number of nitrogens with two attached hydrogens (primary N) is 1. The lowest BCUT2D eigenvalue weighted by molar-refractivity contribution is -0.131. The zero-order chi connectivity index (χ0) is 20.9. The minimum atomic E-state index is -1.42. The number of carbonyl (C=O) groups is 2. The summed E-state index contributed by atoms with van der Waals surface area (Å²) in [6, 6.07) is 12.1. The van der Waals surface area contributed by atoms with Gasteiger partial charge in [0.15, 0.2) is 0 Å². The Labute approximate surface area is 166 Å². The lowest BCUT2D eigenvalue weighted by Gasteiger charge is -2.28. The number of aromatic nitrogens is 2. The molecule has 1 aromatic heterocycles. The van der Waals surface area contributed by atoms with Crippen LogP contribution < -0.4 is 15.8 Å². The van der Waals surface area contributed by atoms with Crippen LogP contribution >= 0.6 is 0 Å². The Hall–Kier alpha value is -3.81. The van der Waals surface area contributed by atoms with E-state index in [2.05, 4.69) is 15.3 Å². The van der Waals surface area contributed by atoms with Gasteiger partial charge in [0.05, 0.1) is 12.1 Å². The predicted octanol–water partition coefficient (Wildman–Crippen LogP) is 2.47. The molecule has 1 atom stereocenters. The summed E-state index contributed by atoms with van der Waals surface area (Å²) in [5, 5.41) is 2.67. The molecule has 0 aliphatic rings. The van der Waals surface area contributed by atoms with E-state index in [-0.39, 0.29) is 12.2 Å². The Balaban J connectivity index is 1.74. The van der Waals surface area contributed by atoms with Gasteiger partial charge in [-0.25, -0.2) is 4.39 Å². The van der Waals surface area contributed by atoms with Crippen molar-refractivity contribution in [1.82, 2.24) is 15.3 Å². The molecule has 0 fully saturated rings. The van der Waals surface area contributed by atoms with Gasteiger partial charge in [-0.05, 0) is 48.9 Å². The number of primary amides is 1. The number of hydrogen-bond donors (Lipinski definition) is 2. The van der Waals surface area contributed by atoms with Crippen molar-refractivity contribution in [1.29, 1.82) is 0 Å². The van der Waals surface area contributed by atoms with Crippen LogP contribution in [0.1, 0.15) is 18.2 Å². The quantitative estimate of drug-likeness (QED) is 0.640. The van der Waals surface area contributed by atoms with Crippen molar-refractivity contribution >= 4 is 11.8 Å². The molecule has 148 valence electrons. The summed E-state index contributed by atoms with van der Waals surface area (Å²) in [4.78, 5) is 32.5. The van der Waals surface area contributed by atoms with Gasteiger partial charge in [0, 0.05) is 18.6 Å². The fourth-order valence-electron chi connectivity index (χ4n) is 2.68. The third-order valence-corrected chi connectivity index (χ3v) is 4.32. The standard InChI is InChI=1S/C21H19FN4O3/c1-21(20(23)28,26-19(27)12-16-13-24-10-11-25-16)14-2-6-17(7-3-14)29-18-8-4-15(22)5-9-18/h2-11,13H,12H2,1H3,(H2,23,28)(H,26,27). The summed E-state index contributed by atoms with van der Waals surface area (Å²) in [7, 11) is 0. The molecular formula is C21H19FN4O3. The first-order valence-corrected chi connectivity index (χ1v) is 8.76. The fraction of sp³-hybridized carbons (Fsp3) is 0.143. The number of carbonyl (C=O) groups excluding carboxylic acids is 2. The van der Waals surface area contributed by atoms with Gasteiger partial charge >= 0.3 is 0 Å². The summed E-state index contributed by atoms with van der Waals surface area (Å²) < 4.78 is 18.6. The van der Waals surface area contributed by atoms with Gasteiger partial charge in [-0.3, -0.25) is 19.6 Å². The van der Waals surface area contributed by atoms with Crippen molar-refractivity contribution in [2.24, 2.45) is 5.73 Å². The molecule has 0 aliphatic carbocycles. The van der Waals surface area contributed by atoms with Crippen molar-refractivity contribution in [3.63, 3.8) is 0 Å². The second kappa shape index (κ2) is 8.47. The van der Waals surface area contributed by atoms with Crippen molar-refractivity contribution < 1.29 is 18.7 Å². The van der Waals surface area contributed by atoms with Crippen LogP contribution in [0.3, 0.4) is 0 Å². The highest BCUT2D eigenvalue weighted by molar-refractivity contribution is 5.91. The molecule has 3 rings (SSSR count). The summed E-state index contributed by atoms with van der Waals surface area (Å²) in [6.45, 7) is 1.53. The average molecular weight is 394 g/mol. The lowest BCUT2D eigenvalue weighted by Crippen LogP contribution is -2.53. The molecule has 29 heavy (non-hydrogen) atoms. The molecule has 2 aromatic carbocycles. The molecule has 7 nitrogen and oxygen atoms in total. The van der Waals surface area contributed by atoms with Crippen LogP contribution in [-0.4, -0.2) is 21.8 Å². The fourth-order valence-corrected chi connectivity index (χ4v) is 2.68. The molecule has 1 heterocycles. The zero-order valence-corrected chi connectivity index (χ0v) is 15.6. The van der Waals surface area contributed by atoms with Crippen LogP contribution in [-0.2, 0) is 21.5 Å². The molecule has 0 aliphatic heterocycles. The summed E-state index contributed by atoms with van der Waals surface area (Å²) >= 11 is 0. The Morgan fingerprint density at radius 3 is 2.24 bits per heavy atom. The first-order chi connectivity index (χ1) is 13.9. The molecule has 0 radical (unpaired) electrons. The number of rotatable bonds is 7. The molecular weight excluding hydrogens is 375 g/mol. The number of hydrogen-bond acceptors (Lipinski definition) is 5. The Kier molecular flexibility index (Phi) is 5.82. The molecule has 3 N–H and O–H groups in total. The van der Waals surface area contributed by atoms with Crippen molar-refractivity contribution in [3.05, 3.63) is 84.2 Å². The van der Waals surface area contributed by atoms with E-state index in [0.29, 0.717) is 22.8 Å². The van der Waals surface area contributed by atoms with E-state index in [1.165, 1.54) is 49.8 Å². The van der Waals surface area contributed by atoms with Gasteiger partial charge in [0.1, 0.15) is 22.9 Å². The highest BCUT2D eigenvalue weighted by Gasteiger charge is 2.35. The van der Waals surface area contributed by atoms with Gasteiger partial charge in [-0.15, -0.1) is 0 Å². The van der Waals surface area contributed by atoms with Crippen LogP contribution in [0.5, 0.6) is 11.5 Å². The first kappa shape index (κ1) is 19.9.